The molecule has 128 valence electrons. The number of nitrogens with zero attached hydrogens (tertiary/aromatic N) is 3. The zero-order valence-electron chi connectivity index (χ0n) is 14.8. The van der Waals surface area contributed by atoms with Crippen molar-refractivity contribution in [1.82, 2.24) is 15.1 Å². The summed E-state index contributed by atoms with van der Waals surface area (Å²) in [5.41, 5.74) is -0.220. The highest BCUT2D eigenvalue weighted by Crippen LogP contribution is 2.24. The number of nitrogens with one attached hydrogen (secondary N) is 1. The van der Waals surface area contributed by atoms with E-state index < -0.39 is 0 Å². The summed E-state index contributed by atoms with van der Waals surface area (Å²) in [5.74, 6) is 1.85. The minimum absolute atomic E-state index is 0.144. The van der Waals surface area contributed by atoms with Crippen molar-refractivity contribution in [1.29, 1.82) is 0 Å². The molecule has 0 aromatic carbocycles. The standard InChI is InChI=1S/C17H28N4O2/c1-13(2)21-15(22)11-20(12-17(21,3)4)16(18-5)19-9-8-14-7-6-10-23-14/h6-7,10,13H,8-9,11-12H2,1-5H3,(H,18,19). The van der Waals surface area contributed by atoms with Crippen molar-refractivity contribution in [3.05, 3.63) is 24.2 Å². The van der Waals surface area contributed by atoms with Crippen LogP contribution in [0.25, 0.3) is 0 Å². The third kappa shape index (κ3) is 4.06. The van der Waals surface area contributed by atoms with Crippen LogP contribution in [0, 0.1) is 0 Å². The number of piperazine rings is 1. The molecule has 1 fully saturated rings. The maximum Gasteiger partial charge on any atom is 0.242 e. The molecule has 0 atom stereocenters. The van der Waals surface area contributed by atoms with Gasteiger partial charge in [0.15, 0.2) is 5.96 Å². The summed E-state index contributed by atoms with van der Waals surface area (Å²) in [6.45, 7) is 10.2. The number of carbonyl (C=O) groups excluding carboxylic acids is 1. The lowest BCUT2D eigenvalue weighted by Crippen LogP contribution is -2.66. The van der Waals surface area contributed by atoms with Crippen molar-refractivity contribution in [2.75, 3.05) is 26.7 Å². The first-order valence-corrected chi connectivity index (χ1v) is 8.15. The Bertz CT molecular complexity index is 549. The molecule has 1 aromatic rings. The summed E-state index contributed by atoms with van der Waals surface area (Å²) in [5, 5.41) is 3.32. The van der Waals surface area contributed by atoms with Gasteiger partial charge in [0.2, 0.25) is 5.91 Å². The highest BCUT2D eigenvalue weighted by Gasteiger charge is 2.40. The van der Waals surface area contributed by atoms with Gasteiger partial charge >= 0.3 is 0 Å². The van der Waals surface area contributed by atoms with Gasteiger partial charge in [-0.25, -0.2) is 0 Å². The SMILES string of the molecule is CN=C(NCCc1ccco1)N1CC(=O)N(C(C)C)C(C)(C)C1. The van der Waals surface area contributed by atoms with Crippen molar-refractivity contribution in [3.63, 3.8) is 0 Å². The molecule has 1 aliphatic rings. The number of hydrogen-bond acceptors (Lipinski definition) is 3. The van der Waals surface area contributed by atoms with Gasteiger partial charge in [-0.05, 0) is 39.8 Å². The van der Waals surface area contributed by atoms with Crippen LogP contribution in [0.1, 0.15) is 33.5 Å². The fraction of sp³-hybridized carbons (Fsp3) is 0.647. The van der Waals surface area contributed by atoms with Crippen molar-refractivity contribution in [2.24, 2.45) is 4.99 Å². The Kier molecular flexibility index (Phi) is 5.34. The minimum Gasteiger partial charge on any atom is -0.469 e. The highest BCUT2D eigenvalue weighted by molar-refractivity contribution is 5.88. The van der Waals surface area contributed by atoms with E-state index in [1.165, 1.54) is 0 Å². The second-order valence-corrected chi connectivity index (χ2v) is 6.83. The first-order valence-electron chi connectivity index (χ1n) is 8.15. The molecule has 1 N–H and O–H groups in total. The number of furan rings is 1. The first-order chi connectivity index (χ1) is 10.8. The molecule has 6 nitrogen and oxygen atoms in total. The molecule has 0 unspecified atom stereocenters. The maximum atomic E-state index is 12.5. The predicted octanol–water partition coefficient (Wildman–Crippen LogP) is 1.73. The lowest BCUT2D eigenvalue weighted by atomic mass is 9.96. The van der Waals surface area contributed by atoms with Crippen LogP contribution >= 0.6 is 0 Å². The average Bonchev–Trinajstić information content (AvgIpc) is 2.94. The van der Waals surface area contributed by atoms with Gasteiger partial charge in [-0.2, -0.15) is 0 Å². The summed E-state index contributed by atoms with van der Waals surface area (Å²) in [6, 6.07) is 4.04. The van der Waals surface area contributed by atoms with Crippen molar-refractivity contribution >= 4 is 11.9 Å². The zero-order valence-corrected chi connectivity index (χ0v) is 14.8. The molecule has 0 bridgehead atoms. The van der Waals surface area contributed by atoms with E-state index in [4.69, 9.17) is 4.42 Å². The largest absolute Gasteiger partial charge is 0.469 e. The van der Waals surface area contributed by atoms with Crippen LogP contribution in [0.4, 0.5) is 0 Å². The predicted molar refractivity (Wildman–Crippen MR) is 91.4 cm³/mol. The Balaban J connectivity index is 1.98. The van der Waals surface area contributed by atoms with Gasteiger partial charge in [0.05, 0.1) is 18.3 Å². The molecule has 0 spiro atoms. The van der Waals surface area contributed by atoms with E-state index in [2.05, 4.69) is 38.0 Å². The third-order valence-electron chi connectivity index (χ3n) is 4.09. The van der Waals surface area contributed by atoms with Crippen molar-refractivity contribution in [2.45, 2.75) is 45.7 Å². The van der Waals surface area contributed by atoms with Gasteiger partial charge in [0.25, 0.3) is 0 Å². The summed E-state index contributed by atoms with van der Waals surface area (Å²) in [4.78, 5) is 20.9. The van der Waals surface area contributed by atoms with E-state index in [0.717, 1.165) is 31.2 Å². The Labute approximate surface area is 138 Å². The van der Waals surface area contributed by atoms with Crippen LogP contribution in [0.2, 0.25) is 0 Å². The lowest BCUT2D eigenvalue weighted by Gasteiger charge is -2.49. The van der Waals surface area contributed by atoms with E-state index >= 15 is 0 Å². The first kappa shape index (κ1) is 17.4. The normalized spacial score (nSPS) is 18.7. The van der Waals surface area contributed by atoms with Crippen molar-refractivity contribution in [3.8, 4) is 0 Å². The number of amides is 1. The fourth-order valence-electron chi connectivity index (χ4n) is 3.40. The average molecular weight is 320 g/mol. The Morgan fingerprint density at radius 3 is 2.74 bits per heavy atom. The van der Waals surface area contributed by atoms with E-state index in [-0.39, 0.29) is 17.5 Å². The molecule has 2 heterocycles. The van der Waals surface area contributed by atoms with E-state index in [1.807, 2.05) is 21.9 Å². The third-order valence-corrected chi connectivity index (χ3v) is 4.09. The number of rotatable bonds is 4. The number of carbonyl (C=O) groups is 1. The van der Waals surface area contributed by atoms with E-state index in [9.17, 15) is 4.79 Å². The Hall–Kier alpha value is -1.98. The fourth-order valence-corrected chi connectivity index (χ4v) is 3.40. The van der Waals surface area contributed by atoms with Crippen LogP contribution in [-0.4, -0.2) is 59.9 Å². The molecule has 1 aliphatic heterocycles. The molecule has 6 heteroatoms. The second kappa shape index (κ2) is 7.06. The Morgan fingerprint density at radius 1 is 1.48 bits per heavy atom. The lowest BCUT2D eigenvalue weighted by molar-refractivity contribution is -0.145. The van der Waals surface area contributed by atoms with Gasteiger partial charge in [0.1, 0.15) is 5.76 Å². The van der Waals surface area contributed by atoms with Crippen LogP contribution in [-0.2, 0) is 11.2 Å². The molecule has 1 saturated heterocycles. The molecule has 0 aliphatic carbocycles. The second-order valence-electron chi connectivity index (χ2n) is 6.83. The topological polar surface area (TPSA) is 61.1 Å². The van der Waals surface area contributed by atoms with Gasteiger partial charge in [-0.15, -0.1) is 0 Å². The molecule has 2 rings (SSSR count). The van der Waals surface area contributed by atoms with Crippen LogP contribution in [0.5, 0.6) is 0 Å². The zero-order chi connectivity index (χ0) is 17.0. The van der Waals surface area contributed by atoms with Crippen LogP contribution < -0.4 is 5.32 Å². The van der Waals surface area contributed by atoms with Gasteiger partial charge < -0.3 is 19.5 Å². The minimum atomic E-state index is -0.220. The molecular weight excluding hydrogens is 292 g/mol. The van der Waals surface area contributed by atoms with Gasteiger partial charge in [-0.3, -0.25) is 9.79 Å². The molecular formula is C17H28N4O2. The Morgan fingerprint density at radius 2 is 2.22 bits per heavy atom. The van der Waals surface area contributed by atoms with Gasteiger partial charge in [0, 0.05) is 32.6 Å². The maximum absolute atomic E-state index is 12.5. The number of aliphatic imine (C=N–C) groups is 1. The summed E-state index contributed by atoms with van der Waals surface area (Å²) >= 11 is 0. The van der Waals surface area contributed by atoms with Gasteiger partial charge in [-0.1, -0.05) is 0 Å². The smallest absolute Gasteiger partial charge is 0.242 e. The molecule has 23 heavy (non-hydrogen) atoms. The quantitative estimate of drug-likeness (QED) is 0.678. The summed E-state index contributed by atoms with van der Waals surface area (Å²) < 4.78 is 5.33. The molecule has 0 radical (unpaired) electrons. The summed E-state index contributed by atoms with van der Waals surface area (Å²) in [6.07, 6.45) is 2.46. The molecule has 1 aromatic heterocycles. The molecule has 1 amide bonds. The van der Waals surface area contributed by atoms with E-state index in [0.29, 0.717) is 6.54 Å². The van der Waals surface area contributed by atoms with Crippen LogP contribution in [0.15, 0.2) is 27.8 Å². The highest BCUT2D eigenvalue weighted by atomic mass is 16.3. The summed E-state index contributed by atoms with van der Waals surface area (Å²) in [7, 11) is 1.75. The molecule has 0 saturated carbocycles. The monoisotopic (exact) mass is 320 g/mol. The number of guanidine groups is 1. The number of hydrogen-bond donors (Lipinski definition) is 1. The van der Waals surface area contributed by atoms with E-state index in [1.54, 1.807) is 13.3 Å². The van der Waals surface area contributed by atoms with Crippen LogP contribution in [0.3, 0.4) is 0 Å². The van der Waals surface area contributed by atoms with Crippen molar-refractivity contribution < 1.29 is 9.21 Å².